The van der Waals surface area contributed by atoms with Crippen LogP contribution in [0.5, 0.6) is 11.5 Å². The number of ether oxygens (including phenoxy) is 1. The summed E-state index contributed by atoms with van der Waals surface area (Å²) in [5.41, 5.74) is 14.2. The van der Waals surface area contributed by atoms with Crippen molar-refractivity contribution in [3.63, 3.8) is 0 Å². The second-order valence-corrected chi connectivity index (χ2v) is 7.80. The standard InChI is InChI=1S/C19H19N3O2.C19H4.HN3.O2.7H2/c1-13(14-6-4-3-5-7-14)21-18-10-11-20-19(22-18)15-8-9-16(23)17(12-15)24-2;1-3-5-7-9-11-13-15-17-19-18-16-14-12-10-8-6-4-2;1-3-2;1-2;;;;;;;/h3-13,23H,1-2H3,(H,20,21,22);1H,2H3;1H;;7*1H/t13-;;;;;;;;;;/m0........../s1. The molecule has 3 rings (SSSR count). The van der Waals surface area contributed by atoms with E-state index >= 15 is 0 Å². The van der Waals surface area contributed by atoms with E-state index < -0.39 is 0 Å². The van der Waals surface area contributed by atoms with Gasteiger partial charge in [0.25, 0.3) is 0 Å². The molecule has 0 spiro atoms. The molecule has 0 bridgehead atoms. The van der Waals surface area contributed by atoms with Gasteiger partial charge >= 0.3 is 0 Å². The molecule has 0 fully saturated rings. The Morgan fingerprint density at radius 2 is 1.38 bits per heavy atom. The summed E-state index contributed by atoms with van der Waals surface area (Å²) in [6.45, 7) is 3.78. The van der Waals surface area contributed by atoms with Crippen molar-refractivity contribution >= 4 is 5.82 Å². The molecule has 0 amide bonds. The van der Waals surface area contributed by atoms with Crippen LogP contribution in [0.25, 0.3) is 21.8 Å². The molecule has 244 valence electrons. The molecule has 3 N–H and O–H groups in total. The van der Waals surface area contributed by atoms with Crippen LogP contribution in [-0.2, 0) is 0 Å². The van der Waals surface area contributed by atoms with E-state index in [-0.39, 0.29) is 21.8 Å². The fraction of sp³-hybridized carbons (Fsp3) is 0.105. The SMILES string of the molecule is C#CC#CC#CC#CC#CC#CC#CC#CC#CC.COc1cc(-c2nccc(N[C@@H](C)c3ccccc3)n2)ccc1O.O=O.[HH].[HH].[HH].[HH].[HH].[HH].[HH].[N-]=[N+]=N. The monoisotopic (exact) mass is 642 g/mol. The Kier molecular flexibility index (Phi) is 23.0. The highest BCUT2D eigenvalue weighted by Crippen LogP contribution is 2.30. The summed E-state index contributed by atoms with van der Waals surface area (Å²) < 4.78 is 5.14. The third-order valence-electron chi connectivity index (χ3n) is 4.83. The molecule has 0 saturated carbocycles. The lowest BCUT2D eigenvalue weighted by atomic mass is 10.1. The van der Waals surface area contributed by atoms with E-state index in [1.54, 1.807) is 36.2 Å². The van der Waals surface area contributed by atoms with Crippen LogP contribution in [0, 0.1) is 123 Å². The van der Waals surface area contributed by atoms with Gasteiger partial charge in [0.15, 0.2) is 17.3 Å². The van der Waals surface area contributed by atoms with E-state index in [2.05, 4.69) is 135 Å². The molecule has 10 nitrogen and oxygen atoms in total. The van der Waals surface area contributed by atoms with Crippen molar-refractivity contribution in [3.8, 4) is 130 Å². The summed E-state index contributed by atoms with van der Waals surface area (Å²) in [6, 6.07) is 17.2. The number of benzene rings is 2. The molecular formula is C38H38N6O4. The molecule has 1 aromatic heterocycles. The molecule has 1 heterocycles. The van der Waals surface area contributed by atoms with Crippen molar-refractivity contribution in [2.24, 2.45) is 0 Å². The number of hydrogen-bond donors (Lipinski definition) is 3. The highest BCUT2D eigenvalue weighted by molar-refractivity contribution is 5.62. The highest BCUT2D eigenvalue weighted by atomic mass is 16.7. The average Bonchev–Trinajstić information content (AvgIpc) is 3.12. The lowest BCUT2D eigenvalue weighted by Crippen LogP contribution is -2.08. The van der Waals surface area contributed by atoms with Crippen LogP contribution in [0.4, 0.5) is 5.82 Å². The van der Waals surface area contributed by atoms with E-state index in [1.807, 2.05) is 24.3 Å². The zero-order chi connectivity index (χ0) is 35.7. The minimum Gasteiger partial charge on any atom is -0.504 e. The molecule has 10 heteroatoms. The normalized spacial score (nSPS) is 7.62. The van der Waals surface area contributed by atoms with Gasteiger partial charge < -0.3 is 15.2 Å². The van der Waals surface area contributed by atoms with Crippen molar-refractivity contribution in [2.75, 3.05) is 12.4 Å². The van der Waals surface area contributed by atoms with Gasteiger partial charge in [-0.2, -0.15) is 0 Å². The van der Waals surface area contributed by atoms with E-state index in [1.165, 1.54) is 12.7 Å². The third kappa shape index (κ3) is 18.4. The largest absolute Gasteiger partial charge is 0.504 e. The number of aromatic nitrogens is 2. The van der Waals surface area contributed by atoms with Crippen LogP contribution >= 0.6 is 0 Å². The second kappa shape index (κ2) is 27.7. The van der Waals surface area contributed by atoms with E-state index in [4.69, 9.17) is 32.2 Å². The van der Waals surface area contributed by atoms with E-state index in [0.29, 0.717) is 11.6 Å². The van der Waals surface area contributed by atoms with Gasteiger partial charge in [-0.1, -0.05) is 36.3 Å². The Morgan fingerprint density at radius 3 is 1.85 bits per heavy atom. The van der Waals surface area contributed by atoms with Crippen molar-refractivity contribution in [2.45, 2.75) is 19.9 Å². The number of aromatic hydroxyl groups is 1. The quantitative estimate of drug-likeness (QED) is 0.113. The molecule has 0 unspecified atom stereocenters. The Morgan fingerprint density at radius 1 is 0.875 bits per heavy atom. The fourth-order valence-electron chi connectivity index (χ4n) is 2.95. The van der Waals surface area contributed by atoms with Crippen molar-refractivity contribution in [1.29, 1.82) is 5.53 Å². The van der Waals surface area contributed by atoms with Gasteiger partial charge in [-0.15, -0.1) is 12.0 Å². The van der Waals surface area contributed by atoms with Crippen molar-refractivity contribution in [1.82, 2.24) is 9.97 Å². The van der Waals surface area contributed by atoms with Gasteiger partial charge in [-0.05, 0) is 149 Å². The molecule has 0 radical (unpaired) electrons. The van der Waals surface area contributed by atoms with Crippen LogP contribution in [0.1, 0.15) is 35.4 Å². The number of rotatable bonds is 5. The summed E-state index contributed by atoms with van der Waals surface area (Å²) in [5.74, 6) is 43.7. The summed E-state index contributed by atoms with van der Waals surface area (Å²) >= 11 is 0. The molecule has 1 atom stereocenters. The van der Waals surface area contributed by atoms with E-state index in [0.717, 1.165) is 11.4 Å². The Labute approximate surface area is 290 Å². The molecule has 0 aliphatic rings. The van der Waals surface area contributed by atoms with E-state index in [9.17, 15) is 5.11 Å². The molecule has 0 aliphatic carbocycles. The summed E-state index contributed by atoms with van der Waals surface area (Å²) in [4.78, 5) is 24.6. The first-order valence-electron chi connectivity index (χ1n) is 13.1. The highest BCUT2D eigenvalue weighted by Gasteiger charge is 2.10. The smallest absolute Gasteiger partial charge is 0.161 e. The van der Waals surface area contributed by atoms with Gasteiger partial charge in [0.1, 0.15) is 5.82 Å². The number of anilines is 1. The second-order valence-electron chi connectivity index (χ2n) is 7.80. The minimum atomic E-state index is 0. The van der Waals surface area contributed by atoms with Crippen LogP contribution < -0.4 is 10.1 Å². The number of nitrogens with one attached hydrogen (secondary N) is 2. The van der Waals surface area contributed by atoms with Gasteiger partial charge in [-0.25, -0.2) is 9.97 Å². The van der Waals surface area contributed by atoms with Gasteiger partial charge in [0.2, 0.25) is 0 Å². The van der Waals surface area contributed by atoms with Gasteiger partial charge in [-0.3, -0.25) is 0 Å². The Bertz CT molecular complexity index is 2140. The third-order valence-corrected chi connectivity index (χ3v) is 4.83. The van der Waals surface area contributed by atoms with Crippen LogP contribution in [0.15, 0.2) is 60.8 Å². The first-order valence-corrected chi connectivity index (χ1v) is 13.1. The number of methoxy groups -OCH3 is 1. The fourth-order valence-corrected chi connectivity index (χ4v) is 2.95. The van der Waals surface area contributed by atoms with Crippen LogP contribution in [0.3, 0.4) is 0 Å². The zero-order valence-corrected chi connectivity index (χ0v) is 25.9. The molecular weight excluding hydrogens is 604 g/mol. The number of nitrogens with zero attached hydrogens (tertiary/aromatic N) is 4. The Balaban J connectivity index is -0.000000109. The molecule has 2 aromatic carbocycles. The summed E-state index contributed by atoms with van der Waals surface area (Å²) in [7, 11) is 1.51. The maximum atomic E-state index is 9.70. The first kappa shape index (κ1) is 39.9. The number of terminal acetylenes is 1. The lowest BCUT2D eigenvalue weighted by molar-refractivity contribution is 0.373. The predicted octanol–water partition coefficient (Wildman–Crippen LogP) is 7.36. The van der Waals surface area contributed by atoms with Crippen molar-refractivity contribution < 1.29 is 19.8 Å². The maximum absolute atomic E-state index is 9.70. The number of hydrogen-bond acceptors (Lipinski definition) is 8. The average molecular weight is 643 g/mol. The first-order chi connectivity index (χ1) is 23.5. The predicted molar refractivity (Wildman–Crippen MR) is 202 cm³/mol. The zero-order valence-electron chi connectivity index (χ0n) is 25.9. The lowest BCUT2D eigenvalue weighted by Gasteiger charge is -2.15. The number of phenolic OH excluding ortho intramolecular Hbond substituents is 1. The minimum absolute atomic E-state index is 0. The molecule has 48 heavy (non-hydrogen) atoms. The molecule has 0 aliphatic heterocycles. The van der Waals surface area contributed by atoms with Crippen LogP contribution in [0.2, 0.25) is 0 Å². The van der Waals surface area contributed by atoms with Crippen molar-refractivity contribution in [3.05, 3.63) is 86.7 Å². The maximum Gasteiger partial charge on any atom is 0.161 e. The summed E-state index contributed by atoms with van der Waals surface area (Å²) in [5, 5.41) is 13.1. The molecule has 3 aromatic rings. The topological polar surface area (TPSA) is 162 Å². The van der Waals surface area contributed by atoms with Gasteiger partial charge in [0.05, 0.1) is 7.11 Å². The Hall–Kier alpha value is -8.13. The summed E-state index contributed by atoms with van der Waals surface area (Å²) in [6.07, 6.45) is 6.60. The molecule has 0 saturated heterocycles. The van der Waals surface area contributed by atoms with Crippen LogP contribution in [-0.4, -0.2) is 22.2 Å². The van der Waals surface area contributed by atoms with Gasteiger partial charge in [0, 0.05) is 37.7 Å². The number of phenols is 1.